The molecule has 0 amide bonds. The fourth-order valence-corrected chi connectivity index (χ4v) is 3.00. The summed E-state index contributed by atoms with van der Waals surface area (Å²) in [6, 6.07) is 16.7. The van der Waals surface area contributed by atoms with Crippen molar-refractivity contribution >= 4 is 22.9 Å². The van der Waals surface area contributed by atoms with Crippen molar-refractivity contribution in [2.75, 3.05) is 10.7 Å². The second-order valence-corrected chi connectivity index (χ2v) is 6.26. The van der Waals surface area contributed by atoms with Crippen LogP contribution >= 0.6 is 0 Å². The summed E-state index contributed by atoms with van der Waals surface area (Å²) in [6.07, 6.45) is 2.53. The predicted octanol–water partition coefficient (Wildman–Crippen LogP) is 4.08. The Kier molecular flexibility index (Phi) is 5.78. The Balaban J connectivity index is 1.79. The fraction of sp³-hybridized carbons (Fsp3) is 0.143. The van der Waals surface area contributed by atoms with Gasteiger partial charge in [-0.25, -0.2) is 4.39 Å². The molecule has 1 aliphatic carbocycles. The van der Waals surface area contributed by atoms with Gasteiger partial charge in [-0.3, -0.25) is 10.2 Å². The van der Waals surface area contributed by atoms with E-state index in [2.05, 4.69) is 15.8 Å². The Labute approximate surface area is 161 Å². The summed E-state index contributed by atoms with van der Waals surface area (Å²) < 4.78 is 13.2. The Hall–Kier alpha value is -3.97. The maximum absolute atomic E-state index is 13.2. The molecule has 2 aromatic carbocycles. The molecular weight excluding hydrogens is 357 g/mol. The van der Waals surface area contributed by atoms with Crippen LogP contribution in [0.25, 0.3) is 0 Å². The minimum Gasteiger partial charge on any atom is -0.357 e. The molecule has 0 heterocycles. The van der Waals surface area contributed by atoms with E-state index in [1.165, 1.54) is 12.1 Å². The molecule has 0 spiro atoms. The van der Waals surface area contributed by atoms with E-state index in [1.807, 2.05) is 6.07 Å². The molecule has 0 radical (unpaired) electrons. The number of benzene rings is 2. The highest BCUT2D eigenvalue weighted by Gasteiger charge is 2.22. The lowest BCUT2D eigenvalue weighted by Crippen LogP contribution is -2.17. The number of halogens is 1. The average Bonchev–Trinajstić information content (AvgIpc) is 2.70. The van der Waals surface area contributed by atoms with Gasteiger partial charge in [0, 0.05) is 18.2 Å². The lowest BCUT2D eigenvalue weighted by molar-refractivity contribution is -0.115. The molecule has 28 heavy (non-hydrogen) atoms. The molecule has 138 valence electrons. The van der Waals surface area contributed by atoms with Crippen LogP contribution in [0.2, 0.25) is 0 Å². The summed E-state index contributed by atoms with van der Waals surface area (Å²) in [5, 5.41) is 24.6. The number of carbonyl (C=O) groups excluding carboxylic acids is 1. The highest BCUT2D eigenvalue weighted by Crippen LogP contribution is 2.33. The van der Waals surface area contributed by atoms with Gasteiger partial charge in [0.15, 0.2) is 5.78 Å². The Morgan fingerprint density at radius 1 is 1.04 bits per heavy atom. The molecule has 0 fully saturated rings. The molecule has 6 nitrogen and oxygen atoms in total. The number of carbonyl (C=O) groups is 1. The highest BCUT2D eigenvalue weighted by atomic mass is 19.1. The molecule has 0 saturated carbocycles. The summed E-state index contributed by atoms with van der Waals surface area (Å²) in [7, 11) is 0. The first kappa shape index (κ1) is 18.8. The van der Waals surface area contributed by atoms with Crippen molar-refractivity contribution in [2.24, 2.45) is 5.10 Å². The first-order valence-electron chi connectivity index (χ1n) is 8.58. The third-order valence-corrected chi connectivity index (χ3v) is 4.31. The van der Waals surface area contributed by atoms with Crippen LogP contribution in [0.3, 0.4) is 0 Å². The summed E-state index contributed by atoms with van der Waals surface area (Å²) in [5.41, 5.74) is 5.24. The van der Waals surface area contributed by atoms with Gasteiger partial charge in [0.2, 0.25) is 5.71 Å². The van der Waals surface area contributed by atoms with Crippen LogP contribution in [0.4, 0.5) is 15.8 Å². The molecular formula is C21H16FN5O. The van der Waals surface area contributed by atoms with Gasteiger partial charge < -0.3 is 5.32 Å². The smallest absolute Gasteiger partial charge is 0.237 e. The first-order valence-corrected chi connectivity index (χ1v) is 8.58. The lowest BCUT2D eigenvalue weighted by atomic mass is 9.85. The van der Waals surface area contributed by atoms with Crippen molar-refractivity contribution in [3.05, 3.63) is 71.7 Å². The molecule has 7 heteroatoms. The minimum atomic E-state index is -0.311. The maximum Gasteiger partial charge on any atom is 0.237 e. The van der Waals surface area contributed by atoms with E-state index < -0.39 is 0 Å². The van der Waals surface area contributed by atoms with Gasteiger partial charge in [0.05, 0.1) is 11.4 Å². The number of nitrogens with zero attached hydrogens (tertiary/aromatic N) is 3. The zero-order valence-electron chi connectivity index (χ0n) is 14.8. The van der Waals surface area contributed by atoms with Crippen LogP contribution in [0.1, 0.15) is 24.3 Å². The van der Waals surface area contributed by atoms with Crippen molar-refractivity contribution in [1.29, 1.82) is 10.5 Å². The molecule has 1 atom stereocenters. The number of allylic oxidation sites excluding steroid dienone is 2. The van der Waals surface area contributed by atoms with Crippen LogP contribution in [-0.2, 0) is 4.79 Å². The largest absolute Gasteiger partial charge is 0.357 e. The molecule has 0 saturated heterocycles. The third-order valence-electron chi connectivity index (χ3n) is 4.31. The number of hydrogen-bond donors (Lipinski definition) is 2. The van der Waals surface area contributed by atoms with E-state index in [9.17, 15) is 9.18 Å². The van der Waals surface area contributed by atoms with Gasteiger partial charge >= 0.3 is 0 Å². The van der Waals surface area contributed by atoms with Crippen molar-refractivity contribution in [3.8, 4) is 12.1 Å². The summed E-state index contributed by atoms with van der Waals surface area (Å²) in [5.74, 6) is -0.361. The number of rotatable bonds is 5. The quantitative estimate of drug-likeness (QED) is 0.607. The average molecular weight is 373 g/mol. The maximum atomic E-state index is 13.2. The SMILES string of the molecule is N#CC(C#N)=NNc1ccccc1NC1=CC(=O)CC(c2ccc(F)cc2)C1. The van der Waals surface area contributed by atoms with E-state index >= 15 is 0 Å². The number of para-hydroxylation sites is 2. The molecule has 3 rings (SSSR count). The predicted molar refractivity (Wildman–Crippen MR) is 104 cm³/mol. The van der Waals surface area contributed by atoms with Crippen LogP contribution in [0.5, 0.6) is 0 Å². The van der Waals surface area contributed by atoms with Crippen LogP contribution in [0, 0.1) is 28.5 Å². The Bertz CT molecular complexity index is 1010. The zero-order valence-corrected chi connectivity index (χ0v) is 14.8. The highest BCUT2D eigenvalue weighted by molar-refractivity contribution is 6.10. The van der Waals surface area contributed by atoms with Crippen molar-refractivity contribution in [2.45, 2.75) is 18.8 Å². The molecule has 0 bridgehead atoms. The number of hydrogen-bond acceptors (Lipinski definition) is 6. The topological polar surface area (TPSA) is 101 Å². The van der Waals surface area contributed by atoms with Crippen LogP contribution < -0.4 is 10.7 Å². The van der Waals surface area contributed by atoms with E-state index in [4.69, 9.17) is 10.5 Å². The summed E-state index contributed by atoms with van der Waals surface area (Å²) >= 11 is 0. The molecule has 1 unspecified atom stereocenters. The molecule has 0 aliphatic heterocycles. The van der Waals surface area contributed by atoms with Crippen molar-refractivity contribution in [1.82, 2.24) is 0 Å². The van der Waals surface area contributed by atoms with Gasteiger partial charge in [0.1, 0.15) is 18.0 Å². The minimum absolute atomic E-state index is 0.0113. The van der Waals surface area contributed by atoms with Crippen LogP contribution in [0.15, 0.2) is 65.4 Å². The third kappa shape index (κ3) is 4.60. The Morgan fingerprint density at radius 2 is 1.71 bits per heavy atom. The second-order valence-electron chi connectivity index (χ2n) is 6.26. The van der Waals surface area contributed by atoms with E-state index in [0.717, 1.165) is 11.3 Å². The zero-order chi connectivity index (χ0) is 19.9. The van der Waals surface area contributed by atoms with E-state index in [0.29, 0.717) is 24.2 Å². The lowest BCUT2D eigenvalue weighted by Gasteiger charge is -2.24. The number of hydrazone groups is 1. The number of anilines is 2. The monoisotopic (exact) mass is 373 g/mol. The second kappa shape index (κ2) is 8.61. The number of ketones is 1. The summed E-state index contributed by atoms with van der Waals surface area (Å²) in [4.78, 5) is 12.2. The van der Waals surface area contributed by atoms with Crippen molar-refractivity contribution in [3.63, 3.8) is 0 Å². The van der Waals surface area contributed by atoms with E-state index in [-0.39, 0.29) is 23.2 Å². The van der Waals surface area contributed by atoms with Gasteiger partial charge in [0.25, 0.3) is 0 Å². The first-order chi connectivity index (χ1) is 13.6. The van der Waals surface area contributed by atoms with Gasteiger partial charge in [-0.1, -0.05) is 24.3 Å². The fourth-order valence-electron chi connectivity index (χ4n) is 3.00. The van der Waals surface area contributed by atoms with Gasteiger partial charge in [-0.05, 0) is 42.2 Å². The van der Waals surface area contributed by atoms with E-state index in [1.54, 1.807) is 48.5 Å². The molecule has 1 aliphatic rings. The van der Waals surface area contributed by atoms with Crippen molar-refractivity contribution < 1.29 is 9.18 Å². The standard InChI is InChI=1S/C21H16FN5O/c22-16-7-5-14(6-8-16)15-9-17(11-19(28)10-15)25-20-3-1-2-4-21(20)27-26-18(12-23)13-24/h1-8,11,15,25,27H,9-10H2. The number of nitrogens with one attached hydrogen (secondary N) is 2. The normalized spacial score (nSPS) is 15.6. The van der Waals surface area contributed by atoms with Crippen LogP contribution in [-0.4, -0.2) is 11.5 Å². The summed E-state index contributed by atoms with van der Waals surface area (Å²) in [6.45, 7) is 0. The molecule has 0 aromatic heterocycles. The Morgan fingerprint density at radius 3 is 2.39 bits per heavy atom. The molecule has 2 aromatic rings. The number of nitriles is 2. The van der Waals surface area contributed by atoms with Gasteiger partial charge in [-0.15, -0.1) is 0 Å². The molecule has 2 N–H and O–H groups in total. The van der Waals surface area contributed by atoms with Gasteiger partial charge in [-0.2, -0.15) is 15.6 Å².